The number of aromatic amines is 1. The molecular weight excluding hydrogens is 609 g/mol. The molecule has 196 valence electrons. The lowest BCUT2D eigenvalue weighted by Crippen LogP contribution is -2.14. The van der Waals surface area contributed by atoms with Gasteiger partial charge in [0.15, 0.2) is 11.0 Å². The second-order valence-corrected chi connectivity index (χ2v) is 11.6. The van der Waals surface area contributed by atoms with Crippen LogP contribution in [0.2, 0.25) is 15.1 Å². The van der Waals surface area contributed by atoms with Crippen molar-refractivity contribution in [3.63, 3.8) is 0 Å². The summed E-state index contributed by atoms with van der Waals surface area (Å²) >= 11 is 21.5. The number of rotatable bonds is 6. The number of thioether (sulfide) groups is 1. The standard InChI is InChI=1S/C27H14Cl3N7OS2/c28-16-9-10-17(21(30)11-16)22-19(12-31)24(38)33-26(32-22)39-13-14-5-7-15(8-6-14)25-36-37-23(34-35-27(37)40-25)18-3-1-2-4-20(18)29/h1-11H,13H2,(H,32,33,38). The summed E-state index contributed by atoms with van der Waals surface area (Å²) in [6, 6.07) is 22.1. The normalized spacial score (nSPS) is 11.2. The highest BCUT2D eigenvalue weighted by atomic mass is 35.5. The third-order valence-corrected chi connectivity index (χ3v) is 8.65. The van der Waals surface area contributed by atoms with Crippen molar-refractivity contribution in [2.45, 2.75) is 10.9 Å². The molecule has 3 aromatic heterocycles. The lowest BCUT2D eigenvalue weighted by Gasteiger charge is -2.08. The summed E-state index contributed by atoms with van der Waals surface area (Å²) in [4.78, 5) is 20.5. The maximum absolute atomic E-state index is 12.6. The fourth-order valence-electron chi connectivity index (χ4n) is 3.94. The lowest BCUT2D eigenvalue weighted by molar-refractivity contribution is 0.934. The average Bonchev–Trinajstić information content (AvgIpc) is 3.54. The van der Waals surface area contributed by atoms with Crippen LogP contribution in [0.15, 0.2) is 76.7 Å². The number of fused-ring (bicyclic) bond motifs is 1. The number of nitrogens with zero attached hydrogens (tertiary/aromatic N) is 6. The summed E-state index contributed by atoms with van der Waals surface area (Å²) in [5.41, 5.74) is 2.73. The van der Waals surface area contributed by atoms with Gasteiger partial charge in [0, 0.05) is 27.5 Å². The van der Waals surface area contributed by atoms with Crippen LogP contribution in [0.3, 0.4) is 0 Å². The van der Waals surface area contributed by atoms with E-state index in [1.165, 1.54) is 23.1 Å². The van der Waals surface area contributed by atoms with Crippen LogP contribution in [0.1, 0.15) is 11.1 Å². The maximum atomic E-state index is 12.6. The van der Waals surface area contributed by atoms with Crippen LogP contribution < -0.4 is 5.56 Å². The van der Waals surface area contributed by atoms with Crippen molar-refractivity contribution in [1.29, 1.82) is 5.26 Å². The van der Waals surface area contributed by atoms with Crippen molar-refractivity contribution in [1.82, 2.24) is 29.8 Å². The summed E-state index contributed by atoms with van der Waals surface area (Å²) < 4.78 is 1.70. The van der Waals surface area contributed by atoms with Gasteiger partial charge in [0.2, 0.25) is 4.96 Å². The van der Waals surface area contributed by atoms with Crippen molar-refractivity contribution in [2.75, 3.05) is 0 Å². The van der Waals surface area contributed by atoms with E-state index < -0.39 is 5.56 Å². The molecule has 0 aliphatic heterocycles. The predicted molar refractivity (Wildman–Crippen MR) is 159 cm³/mol. The zero-order chi connectivity index (χ0) is 27.8. The summed E-state index contributed by atoms with van der Waals surface area (Å²) in [6.45, 7) is 0. The predicted octanol–water partition coefficient (Wildman–Crippen LogP) is 7.39. The quantitative estimate of drug-likeness (QED) is 0.152. The Kier molecular flexibility index (Phi) is 7.31. The Balaban J connectivity index is 1.23. The Morgan fingerprint density at radius 2 is 1.77 bits per heavy atom. The number of aromatic nitrogens is 6. The van der Waals surface area contributed by atoms with Crippen LogP contribution in [0.4, 0.5) is 0 Å². The molecule has 3 aromatic carbocycles. The second kappa shape index (κ2) is 11.0. The molecule has 40 heavy (non-hydrogen) atoms. The van der Waals surface area contributed by atoms with E-state index in [1.807, 2.05) is 48.5 Å². The number of hydrogen-bond acceptors (Lipinski definition) is 8. The van der Waals surface area contributed by atoms with E-state index in [1.54, 1.807) is 28.8 Å². The van der Waals surface area contributed by atoms with Gasteiger partial charge < -0.3 is 4.98 Å². The smallest absolute Gasteiger partial charge is 0.270 e. The van der Waals surface area contributed by atoms with Crippen molar-refractivity contribution in [3.05, 3.63) is 103 Å². The Morgan fingerprint density at radius 1 is 0.975 bits per heavy atom. The van der Waals surface area contributed by atoms with E-state index in [2.05, 4.69) is 20.2 Å². The SMILES string of the molecule is N#Cc1c(-c2ccc(Cl)cc2Cl)nc(SCc2ccc(-c3nn4c(-c5ccccc5Cl)nnc4s3)cc2)[nH]c1=O. The molecule has 0 saturated carbocycles. The topological polar surface area (TPSA) is 113 Å². The van der Waals surface area contributed by atoms with Gasteiger partial charge in [-0.1, -0.05) is 94.3 Å². The molecule has 0 atom stereocenters. The van der Waals surface area contributed by atoms with Gasteiger partial charge in [0.05, 0.1) is 15.7 Å². The Morgan fingerprint density at radius 3 is 2.52 bits per heavy atom. The molecule has 6 rings (SSSR count). The van der Waals surface area contributed by atoms with Crippen molar-refractivity contribution in [3.8, 4) is 39.3 Å². The zero-order valence-corrected chi connectivity index (χ0v) is 24.0. The first kappa shape index (κ1) is 26.5. The Hall–Kier alpha value is -3.72. The summed E-state index contributed by atoms with van der Waals surface area (Å²) in [5.74, 6) is 1.12. The van der Waals surface area contributed by atoms with Gasteiger partial charge in [0.25, 0.3) is 5.56 Å². The number of H-pyrrole nitrogens is 1. The van der Waals surface area contributed by atoms with Crippen LogP contribution >= 0.6 is 57.9 Å². The Labute approximate surface area is 250 Å². The van der Waals surface area contributed by atoms with E-state index in [-0.39, 0.29) is 11.3 Å². The maximum Gasteiger partial charge on any atom is 0.270 e. The molecular formula is C27H14Cl3N7OS2. The molecule has 0 aliphatic carbocycles. The highest BCUT2D eigenvalue weighted by Crippen LogP contribution is 2.33. The van der Waals surface area contributed by atoms with E-state index in [0.29, 0.717) is 42.3 Å². The van der Waals surface area contributed by atoms with Crippen molar-refractivity contribution < 1.29 is 0 Å². The first-order valence-corrected chi connectivity index (χ1v) is 14.5. The van der Waals surface area contributed by atoms with Gasteiger partial charge in [-0.15, -0.1) is 10.2 Å². The molecule has 6 aromatic rings. The van der Waals surface area contributed by atoms with E-state index in [0.717, 1.165) is 21.7 Å². The first-order valence-electron chi connectivity index (χ1n) is 11.6. The van der Waals surface area contributed by atoms with E-state index in [4.69, 9.17) is 39.9 Å². The zero-order valence-electron chi connectivity index (χ0n) is 20.1. The molecule has 0 bridgehead atoms. The highest BCUT2D eigenvalue weighted by Gasteiger charge is 2.18. The van der Waals surface area contributed by atoms with Crippen LogP contribution in [-0.4, -0.2) is 29.8 Å². The largest absolute Gasteiger partial charge is 0.300 e. The molecule has 8 nitrogen and oxygen atoms in total. The van der Waals surface area contributed by atoms with E-state index in [9.17, 15) is 10.1 Å². The molecule has 0 amide bonds. The summed E-state index contributed by atoms with van der Waals surface area (Å²) in [5, 5.41) is 25.2. The number of nitrogens with one attached hydrogen (secondary N) is 1. The van der Waals surface area contributed by atoms with Crippen LogP contribution in [-0.2, 0) is 5.75 Å². The van der Waals surface area contributed by atoms with Gasteiger partial charge >= 0.3 is 0 Å². The van der Waals surface area contributed by atoms with Gasteiger partial charge in [-0.3, -0.25) is 4.79 Å². The van der Waals surface area contributed by atoms with Gasteiger partial charge in [-0.2, -0.15) is 14.9 Å². The number of benzene rings is 3. The summed E-state index contributed by atoms with van der Waals surface area (Å²) in [6.07, 6.45) is 0. The van der Waals surface area contributed by atoms with Gasteiger partial charge in [-0.05, 0) is 35.9 Å². The molecule has 0 aliphatic rings. The summed E-state index contributed by atoms with van der Waals surface area (Å²) in [7, 11) is 0. The average molecular weight is 623 g/mol. The molecule has 0 saturated heterocycles. The number of nitriles is 1. The fraction of sp³-hybridized carbons (Fsp3) is 0.0370. The second-order valence-electron chi connectivity index (χ2n) is 8.42. The third-order valence-electron chi connectivity index (χ3n) is 5.88. The molecule has 3 heterocycles. The van der Waals surface area contributed by atoms with Crippen LogP contribution in [0.25, 0.3) is 38.2 Å². The van der Waals surface area contributed by atoms with Crippen molar-refractivity contribution >= 4 is 62.9 Å². The van der Waals surface area contributed by atoms with Crippen LogP contribution in [0.5, 0.6) is 0 Å². The molecule has 0 fully saturated rings. The third kappa shape index (κ3) is 5.10. The first-order chi connectivity index (χ1) is 19.4. The molecule has 0 spiro atoms. The van der Waals surface area contributed by atoms with Gasteiger partial charge in [-0.25, -0.2) is 4.98 Å². The molecule has 0 unspecified atom stereocenters. The van der Waals surface area contributed by atoms with Crippen molar-refractivity contribution in [2.24, 2.45) is 0 Å². The molecule has 0 radical (unpaired) electrons. The molecule has 1 N–H and O–H groups in total. The minimum atomic E-state index is -0.532. The fourth-order valence-corrected chi connectivity index (χ4v) is 6.32. The minimum Gasteiger partial charge on any atom is -0.300 e. The lowest BCUT2D eigenvalue weighted by atomic mass is 10.1. The minimum absolute atomic E-state index is 0.111. The number of halogens is 3. The monoisotopic (exact) mass is 621 g/mol. The van der Waals surface area contributed by atoms with Crippen LogP contribution in [0, 0.1) is 11.3 Å². The van der Waals surface area contributed by atoms with E-state index >= 15 is 0 Å². The highest BCUT2D eigenvalue weighted by molar-refractivity contribution is 7.98. The molecule has 13 heteroatoms. The Bertz CT molecular complexity index is 1990. The number of hydrogen-bond donors (Lipinski definition) is 1. The van der Waals surface area contributed by atoms with Gasteiger partial charge in [0.1, 0.15) is 16.6 Å².